The van der Waals surface area contributed by atoms with Crippen LogP contribution in [-0.4, -0.2) is 47.2 Å². The van der Waals surface area contributed by atoms with E-state index in [4.69, 9.17) is 0 Å². The molecule has 1 saturated heterocycles. The van der Waals surface area contributed by atoms with Crippen molar-refractivity contribution in [1.29, 1.82) is 0 Å². The van der Waals surface area contributed by atoms with Crippen molar-refractivity contribution in [2.24, 2.45) is 0 Å². The lowest BCUT2D eigenvalue weighted by Crippen LogP contribution is -2.52. The van der Waals surface area contributed by atoms with Gasteiger partial charge in [0.2, 0.25) is 0 Å². The summed E-state index contributed by atoms with van der Waals surface area (Å²) in [5, 5.41) is 9.41. The molecule has 2 aromatic carbocycles. The van der Waals surface area contributed by atoms with Crippen molar-refractivity contribution < 1.29 is 13.9 Å². The van der Waals surface area contributed by atoms with E-state index in [1.54, 1.807) is 0 Å². The van der Waals surface area contributed by atoms with E-state index in [2.05, 4.69) is 9.80 Å². The summed E-state index contributed by atoms with van der Waals surface area (Å²) >= 11 is 0. The van der Waals surface area contributed by atoms with Gasteiger partial charge >= 0.3 is 0 Å². The van der Waals surface area contributed by atoms with Gasteiger partial charge in [-0.3, -0.25) is 9.80 Å². The number of benzene rings is 2. The molecule has 0 unspecified atom stereocenters. The van der Waals surface area contributed by atoms with Crippen LogP contribution in [-0.2, 0) is 13.1 Å². The second-order valence-electron chi connectivity index (χ2n) is 6.62. The quantitative estimate of drug-likeness (QED) is 0.871. The third-order valence-electron chi connectivity index (χ3n) is 4.77. The molecular weight excluding hydrogens is 322 g/mol. The fourth-order valence-corrected chi connectivity index (χ4v) is 3.40. The molecule has 1 atom stereocenters. The van der Waals surface area contributed by atoms with Gasteiger partial charge in [-0.25, -0.2) is 8.78 Å². The highest BCUT2D eigenvalue weighted by atomic mass is 19.1. The van der Waals surface area contributed by atoms with Crippen LogP contribution in [0.25, 0.3) is 0 Å². The van der Waals surface area contributed by atoms with Crippen LogP contribution in [0.2, 0.25) is 0 Å². The normalized spacial score (nSPS) is 19.2. The average Bonchev–Trinajstić information content (AvgIpc) is 2.61. The van der Waals surface area contributed by atoms with E-state index in [1.807, 2.05) is 24.3 Å². The van der Waals surface area contributed by atoms with Crippen LogP contribution in [0.4, 0.5) is 8.78 Å². The molecule has 1 N–H and O–H groups in total. The Kier molecular flexibility index (Phi) is 6.13. The molecule has 0 bridgehead atoms. The van der Waals surface area contributed by atoms with Crippen LogP contribution in [0.5, 0.6) is 0 Å². The van der Waals surface area contributed by atoms with Crippen molar-refractivity contribution in [2.45, 2.75) is 25.6 Å². The van der Waals surface area contributed by atoms with Gasteiger partial charge in [-0.2, -0.15) is 0 Å². The first kappa shape index (κ1) is 18.0. The van der Waals surface area contributed by atoms with Gasteiger partial charge in [0.1, 0.15) is 11.6 Å². The highest BCUT2D eigenvalue weighted by Crippen LogP contribution is 2.19. The van der Waals surface area contributed by atoms with Gasteiger partial charge in [0.25, 0.3) is 0 Å². The molecular formula is C20H24F2N2O. The first-order valence-corrected chi connectivity index (χ1v) is 8.70. The van der Waals surface area contributed by atoms with Crippen LogP contribution in [0.15, 0.2) is 48.5 Å². The number of rotatable bonds is 6. The lowest BCUT2D eigenvalue weighted by molar-refractivity contribution is 0.0499. The van der Waals surface area contributed by atoms with Gasteiger partial charge in [-0.05, 0) is 41.8 Å². The predicted octanol–water partition coefficient (Wildman–Crippen LogP) is 3.03. The zero-order valence-electron chi connectivity index (χ0n) is 14.2. The summed E-state index contributed by atoms with van der Waals surface area (Å²) in [6.07, 6.45) is 0.709. The van der Waals surface area contributed by atoms with Crippen molar-refractivity contribution in [2.75, 3.05) is 26.2 Å². The topological polar surface area (TPSA) is 26.7 Å². The molecule has 0 aromatic heterocycles. The molecule has 0 aliphatic carbocycles. The average molecular weight is 346 g/mol. The number of aliphatic hydroxyl groups is 1. The van der Waals surface area contributed by atoms with E-state index in [-0.39, 0.29) is 24.3 Å². The van der Waals surface area contributed by atoms with Crippen LogP contribution in [0.3, 0.4) is 0 Å². The van der Waals surface area contributed by atoms with E-state index < -0.39 is 0 Å². The molecule has 5 heteroatoms. The molecule has 0 spiro atoms. The van der Waals surface area contributed by atoms with Crippen molar-refractivity contribution >= 4 is 0 Å². The van der Waals surface area contributed by atoms with E-state index in [9.17, 15) is 13.9 Å². The van der Waals surface area contributed by atoms with Crippen molar-refractivity contribution in [1.82, 2.24) is 9.80 Å². The highest BCUT2D eigenvalue weighted by molar-refractivity contribution is 5.17. The molecule has 1 heterocycles. The Hall–Kier alpha value is -1.82. The smallest absolute Gasteiger partial charge is 0.123 e. The Balaban J connectivity index is 1.61. The van der Waals surface area contributed by atoms with Gasteiger partial charge in [-0.1, -0.05) is 24.3 Å². The zero-order chi connectivity index (χ0) is 17.6. The molecule has 0 radical (unpaired) electrons. The molecule has 1 fully saturated rings. The molecule has 3 rings (SSSR count). The summed E-state index contributed by atoms with van der Waals surface area (Å²) in [6.45, 7) is 4.36. The number of piperazine rings is 1. The van der Waals surface area contributed by atoms with Crippen LogP contribution >= 0.6 is 0 Å². The maximum absolute atomic E-state index is 13.1. The largest absolute Gasteiger partial charge is 0.396 e. The maximum atomic E-state index is 13.1. The maximum Gasteiger partial charge on any atom is 0.123 e. The predicted molar refractivity (Wildman–Crippen MR) is 94.0 cm³/mol. The van der Waals surface area contributed by atoms with Gasteiger partial charge < -0.3 is 5.11 Å². The summed E-state index contributed by atoms with van der Waals surface area (Å²) in [5.74, 6) is -0.439. The Morgan fingerprint density at radius 1 is 0.840 bits per heavy atom. The van der Waals surface area contributed by atoms with Gasteiger partial charge in [0, 0.05) is 45.4 Å². The minimum absolute atomic E-state index is 0.148. The molecule has 0 amide bonds. The molecule has 1 aliphatic heterocycles. The lowest BCUT2D eigenvalue weighted by Gasteiger charge is -2.41. The van der Waals surface area contributed by atoms with E-state index >= 15 is 0 Å². The van der Waals surface area contributed by atoms with E-state index in [1.165, 1.54) is 24.3 Å². The van der Waals surface area contributed by atoms with E-state index in [0.29, 0.717) is 6.42 Å². The SMILES string of the molecule is OCC[C@H]1CN(Cc2ccc(F)cc2)CCN1Cc1ccc(F)cc1. The second kappa shape index (κ2) is 8.52. The summed E-state index contributed by atoms with van der Waals surface area (Å²) in [6, 6.07) is 13.5. The zero-order valence-corrected chi connectivity index (χ0v) is 14.2. The summed E-state index contributed by atoms with van der Waals surface area (Å²) in [4.78, 5) is 4.69. The Bertz CT molecular complexity index is 660. The van der Waals surface area contributed by atoms with Crippen molar-refractivity contribution in [3.8, 4) is 0 Å². The molecule has 2 aromatic rings. The molecule has 0 saturated carbocycles. The number of hydrogen-bond acceptors (Lipinski definition) is 3. The standard InChI is InChI=1S/C20H24F2N2O/c21-18-5-1-16(2-6-18)13-23-10-11-24(20(15-23)9-12-25)14-17-3-7-19(22)8-4-17/h1-8,20,25H,9-15H2/t20-/m0/s1. The third kappa shape index (κ3) is 5.08. The van der Waals surface area contributed by atoms with Gasteiger partial charge in [-0.15, -0.1) is 0 Å². The Morgan fingerprint density at radius 2 is 1.40 bits per heavy atom. The van der Waals surface area contributed by atoms with Crippen molar-refractivity contribution in [3.05, 3.63) is 71.3 Å². The summed E-state index contributed by atoms with van der Waals surface area (Å²) in [5.41, 5.74) is 2.17. The highest BCUT2D eigenvalue weighted by Gasteiger charge is 2.26. The van der Waals surface area contributed by atoms with E-state index in [0.717, 1.165) is 43.9 Å². The minimum Gasteiger partial charge on any atom is -0.396 e. The first-order valence-electron chi connectivity index (χ1n) is 8.70. The number of halogens is 2. The second-order valence-corrected chi connectivity index (χ2v) is 6.62. The Labute approximate surface area is 147 Å². The number of nitrogens with zero attached hydrogens (tertiary/aromatic N) is 2. The molecule has 134 valence electrons. The summed E-state index contributed by atoms with van der Waals surface area (Å²) in [7, 11) is 0. The monoisotopic (exact) mass is 346 g/mol. The van der Waals surface area contributed by atoms with Crippen LogP contribution < -0.4 is 0 Å². The van der Waals surface area contributed by atoms with Crippen LogP contribution in [0.1, 0.15) is 17.5 Å². The number of hydrogen-bond donors (Lipinski definition) is 1. The minimum atomic E-state index is -0.222. The summed E-state index contributed by atoms with van der Waals surface area (Å²) < 4.78 is 26.1. The fraction of sp³-hybridized carbons (Fsp3) is 0.400. The molecule has 25 heavy (non-hydrogen) atoms. The molecule has 1 aliphatic rings. The van der Waals surface area contributed by atoms with Gasteiger partial charge in [0.15, 0.2) is 0 Å². The number of aliphatic hydroxyl groups excluding tert-OH is 1. The van der Waals surface area contributed by atoms with Crippen LogP contribution in [0, 0.1) is 11.6 Å². The third-order valence-corrected chi connectivity index (χ3v) is 4.77. The molecule has 3 nitrogen and oxygen atoms in total. The first-order chi connectivity index (χ1) is 12.1. The lowest BCUT2D eigenvalue weighted by atomic mass is 10.1. The van der Waals surface area contributed by atoms with Crippen molar-refractivity contribution in [3.63, 3.8) is 0 Å². The fourth-order valence-electron chi connectivity index (χ4n) is 3.40. The van der Waals surface area contributed by atoms with Gasteiger partial charge in [0.05, 0.1) is 0 Å². The Morgan fingerprint density at radius 3 is 1.96 bits per heavy atom.